The van der Waals surface area contributed by atoms with E-state index in [1.807, 2.05) is 18.0 Å². The molecule has 1 aliphatic rings. The zero-order chi connectivity index (χ0) is 20.7. The number of hydrogen-bond acceptors (Lipinski definition) is 6. The maximum Gasteiger partial charge on any atom is 0.263 e. The summed E-state index contributed by atoms with van der Waals surface area (Å²) in [5.74, 6) is -0.0172. The van der Waals surface area contributed by atoms with Crippen molar-refractivity contribution in [1.82, 2.24) is 19.7 Å². The van der Waals surface area contributed by atoms with Crippen molar-refractivity contribution in [2.24, 2.45) is 7.05 Å². The van der Waals surface area contributed by atoms with E-state index in [0.29, 0.717) is 22.7 Å². The summed E-state index contributed by atoms with van der Waals surface area (Å²) < 4.78 is 22.0. The van der Waals surface area contributed by atoms with Gasteiger partial charge in [-0.25, -0.2) is 4.39 Å². The summed E-state index contributed by atoms with van der Waals surface area (Å²) in [5, 5.41) is 4.21. The fourth-order valence-corrected chi connectivity index (χ4v) is 3.95. The first-order valence-corrected chi connectivity index (χ1v) is 9.95. The number of aromatic nitrogens is 4. The van der Waals surface area contributed by atoms with Crippen LogP contribution < -0.4 is 10.3 Å². The molecule has 0 atom stereocenters. The molecule has 0 N–H and O–H groups in total. The van der Waals surface area contributed by atoms with E-state index in [2.05, 4.69) is 15.1 Å². The molecule has 30 heavy (non-hydrogen) atoms. The predicted octanol–water partition coefficient (Wildman–Crippen LogP) is 3.78. The molecule has 1 aliphatic heterocycles. The van der Waals surface area contributed by atoms with Crippen molar-refractivity contribution in [1.29, 1.82) is 0 Å². The largest absolute Gasteiger partial charge is 0.369 e. The molecule has 0 unspecified atom stereocenters. The molecule has 4 aromatic rings. The molecule has 0 bridgehead atoms. The number of benzene rings is 1. The quantitative estimate of drug-likeness (QED) is 0.516. The first-order chi connectivity index (χ1) is 14.6. The minimum absolute atomic E-state index is 0.0821. The Morgan fingerprint density at radius 1 is 1.13 bits per heavy atom. The number of hydrogen-bond donors (Lipinski definition) is 0. The van der Waals surface area contributed by atoms with Crippen LogP contribution in [0.3, 0.4) is 0 Å². The first kappa shape index (κ1) is 18.5. The molecule has 1 fully saturated rings. The minimum Gasteiger partial charge on any atom is -0.369 e. The highest BCUT2D eigenvalue weighted by Crippen LogP contribution is 2.28. The van der Waals surface area contributed by atoms with E-state index in [-0.39, 0.29) is 22.3 Å². The molecule has 4 heterocycles. The molecule has 0 amide bonds. The highest BCUT2D eigenvalue weighted by molar-refractivity contribution is 5.86. The number of nitrogens with zero attached hydrogens (tertiary/aromatic N) is 5. The van der Waals surface area contributed by atoms with Gasteiger partial charge < -0.3 is 14.0 Å². The summed E-state index contributed by atoms with van der Waals surface area (Å²) in [6.07, 6.45) is 6.54. The Labute approximate surface area is 171 Å². The predicted molar refractivity (Wildman–Crippen MR) is 112 cm³/mol. The van der Waals surface area contributed by atoms with Crippen molar-refractivity contribution < 1.29 is 8.91 Å². The second kappa shape index (κ2) is 7.37. The highest BCUT2D eigenvalue weighted by atomic mass is 19.1. The molecule has 0 spiro atoms. The highest BCUT2D eigenvalue weighted by Gasteiger charge is 2.21. The Morgan fingerprint density at radius 3 is 2.73 bits per heavy atom. The number of rotatable bonds is 3. The summed E-state index contributed by atoms with van der Waals surface area (Å²) in [6, 6.07) is 8.44. The average molecular weight is 405 g/mol. The molecule has 3 aromatic heterocycles. The molecule has 1 aromatic carbocycles. The minimum atomic E-state index is -0.390. The Hall–Kier alpha value is -3.55. The topological polar surface area (TPSA) is 77.0 Å². The smallest absolute Gasteiger partial charge is 0.263 e. The molecule has 0 aliphatic carbocycles. The maximum atomic E-state index is 14.9. The summed E-state index contributed by atoms with van der Waals surface area (Å²) in [5.41, 5.74) is 1.63. The average Bonchev–Trinajstić information content (AvgIpc) is 3.27. The molecule has 1 saturated heterocycles. The lowest BCUT2D eigenvalue weighted by Crippen LogP contribution is -2.30. The van der Waals surface area contributed by atoms with E-state index in [4.69, 9.17) is 4.52 Å². The lowest BCUT2D eigenvalue weighted by molar-refractivity contribution is 0.431. The normalized spacial score (nSPS) is 14.4. The Bertz CT molecular complexity index is 1280. The summed E-state index contributed by atoms with van der Waals surface area (Å²) in [6.45, 7) is 1.65. The van der Waals surface area contributed by atoms with Crippen molar-refractivity contribution in [3.05, 3.63) is 58.8 Å². The van der Waals surface area contributed by atoms with E-state index in [1.165, 1.54) is 6.07 Å². The summed E-state index contributed by atoms with van der Waals surface area (Å²) >= 11 is 0. The fraction of sp³-hybridized carbons (Fsp3) is 0.273. The number of aryl methyl sites for hydroxylation is 1. The van der Waals surface area contributed by atoms with Gasteiger partial charge >= 0.3 is 0 Å². The van der Waals surface area contributed by atoms with Crippen molar-refractivity contribution in [3.63, 3.8) is 0 Å². The van der Waals surface area contributed by atoms with Crippen LogP contribution in [0.2, 0.25) is 0 Å². The van der Waals surface area contributed by atoms with E-state index in [0.717, 1.165) is 32.4 Å². The summed E-state index contributed by atoms with van der Waals surface area (Å²) in [4.78, 5) is 23.7. The third kappa shape index (κ3) is 3.14. The van der Waals surface area contributed by atoms with E-state index < -0.39 is 5.82 Å². The summed E-state index contributed by atoms with van der Waals surface area (Å²) in [7, 11) is 1.82. The van der Waals surface area contributed by atoms with Crippen LogP contribution in [0.1, 0.15) is 19.3 Å². The number of halogens is 1. The van der Waals surface area contributed by atoms with Crippen LogP contribution in [0, 0.1) is 5.82 Å². The van der Waals surface area contributed by atoms with Crippen LogP contribution >= 0.6 is 0 Å². The molecule has 0 saturated carbocycles. The number of anilines is 1. The van der Waals surface area contributed by atoms with Gasteiger partial charge in [0.1, 0.15) is 17.1 Å². The zero-order valence-electron chi connectivity index (χ0n) is 16.5. The van der Waals surface area contributed by atoms with E-state index in [9.17, 15) is 9.18 Å². The van der Waals surface area contributed by atoms with Crippen LogP contribution in [0.5, 0.6) is 0 Å². The molecule has 7 nitrogen and oxygen atoms in total. The molecule has 8 heteroatoms. The maximum absolute atomic E-state index is 14.9. The van der Waals surface area contributed by atoms with Gasteiger partial charge in [-0.05, 0) is 43.5 Å². The third-order valence-electron chi connectivity index (χ3n) is 5.50. The third-order valence-corrected chi connectivity index (χ3v) is 5.50. The van der Waals surface area contributed by atoms with Gasteiger partial charge in [0.2, 0.25) is 11.3 Å². The van der Waals surface area contributed by atoms with Gasteiger partial charge in [0.05, 0.1) is 11.2 Å². The number of fused-ring (bicyclic) bond motifs is 1. The van der Waals surface area contributed by atoms with Crippen molar-refractivity contribution in [3.8, 4) is 23.0 Å². The lowest BCUT2D eigenvalue weighted by Gasteiger charge is -2.29. The van der Waals surface area contributed by atoms with Crippen molar-refractivity contribution in [2.75, 3.05) is 18.0 Å². The van der Waals surface area contributed by atoms with Gasteiger partial charge in [0, 0.05) is 37.9 Å². The SMILES string of the molecule is Cn1cc(-c2nc(-c3ccccn3)no2)c(=O)c2cc(F)c(N3CCCCC3)cc21. The number of piperidine rings is 1. The van der Waals surface area contributed by atoms with Gasteiger partial charge in [0.15, 0.2) is 0 Å². The monoisotopic (exact) mass is 405 g/mol. The standard InChI is InChI=1S/C22H20FN5O2/c1-27-13-15(22-25-21(26-30-22)17-7-3-4-8-24-17)20(29)14-11-16(23)19(12-18(14)27)28-9-5-2-6-10-28/h3-4,7-8,11-13H,2,5-6,9-10H2,1H3. The van der Waals surface area contributed by atoms with Crippen LogP contribution in [0.4, 0.5) is 10.1 Å². The van der Waals surface area contributed by atoms with Gasteiger partial charge in [-0.2, -0.15) is 4.98 Å². The lowest BCUT2D eigenvalue weighted by atomic mass is 10.1. The molecule has 5 rings (SSSR count). The Balaban J connectivity index is 1.60. The van der Waals surface area contributed by atoms with Gasteiger partial charge in [-0.1, -0.05) is 11.2 Å². The second-order valence-electron chi connectivity index (χ2n) is 7.49. The first-order valence-electron chi connectivity index (χ1n) is 9.95. The molecular weight excluding hydrogens is 385 g/mol. The van der Waals surface area contributed by atoms with Crippen LogP contribution in [0.25, 0.3) is 33.9 Å². The van der Waals surface area contributed by atoms with E-state index >= 15 is 0 Å². The van der Waals surface area contributed by atoms with Gasteiger partial charge in [-0.15, -0.1) is 0 Å². The van der Waals surface area contributed by atoms with Crippen LogP contribution in [-0.2, 0) is 7.05 Å². The van der Waals surface area contributed by atoms with Crippen molar-refractivity contribution >= 4 is 16.6 Å². The fourth-order valence-electron chi connectivity index (χ4n) is 3.95. The molecule has 152 valence electrons. The van der Waals surface area contributed by atoms with Crippen LogP contribution in [-0.4, -0.2) is 32.8 Å². The zero-order valence-corrected chi connectivity index (χ0v) is 16.5. The van der Waals surface area contributed by atoms with E-state index in [1.54, 1.807) is 35.2 Å². The number of pyridine rings is 2. The molecule has 0 radical (unpaired) electrons. The molecular formula is C22H20FN5O2. The van der Waals surface area contributed by atoms with Gasteiger partial charge in [0.25, 0.3) is 5.89 Å². The Morgan fingerprint density at radius 2 is 1.97 bits per heavy atom. The van der Waals surface area contributed by atoms with Crippen LogP contribution in [0.15, 0.2) is 52.0 Å². The van der Waals surface area contributed by atoms with Crippen molar-refractivity contribution in [2.45, 2.75) is 19.3 Å². The second-order valence-corrected chi connectivity index (χ2v) is 7.49. The van der Waals surface area contributed by atoms with Gasteiger partial charge in [-0.3, -0.25) is 9.78 Å². The Kier molecular flexibility index (Phi) is 4.54.